The Hall–Kier alpha value is -3.73. The lowest BCUT2D eigenvalue weighted by molar-refractivity contribution is -0.393. The maximum absolute atomic E-state index is 13.1. The van der Waals surface area contributed by atoms with E-state index in [4.69, 9.17) is 5.26 Å². The van der Waals surface area contributed by atoms with Crippen LogP contribution in [-0.4, -0.2) is 26.5 Å². The highest BCUT2D eigenvalue weighted by Gasteiger charge is 2.35. The van der Waals surface area contributed by atoms with Gasteiger partial charge in [0.1, 0.15) is 16.8 Å². The number of aromatic nitrogens is 1. The maximum Gasteiger partial charge on any atom is 0.417 e. The molecule has 0 aliphatic heterocycles. The number of hydrogen-bond donors (Lipinski definition) is 1. The van der Waals surface area contributed by atoms with E-state index in [1.807, 2.05) is 0 Å². The zero-order valence-electron chi connectivity index (χ0n) is 14.9. The number of nitro groups is 2. The van der Waals surface area contributed by atoms with Gasteiger partial charge in [-0.15, -0.1) is 0 Å². The number of nitro benzene ring substituents is 2. The third kappa shape index (κ3) is 5.20. The van der Waals surface area contributed by atoms with Crippen LogP contribution in [0.4, 0.5) is 30.2 Å². The SMILES string of the molecule is Cc1cc(C(F)(F)F)c(C#N)c(SCC(=O)Nc2ccc([N+](=O)[O-])cc2[N+](=O)[O-])n1. The molecule has 156 valence electrons. The summed E-state index contributed by atoms with van der Waals surface area (Å²) in [6.07, 6.45) is -4.80. The first-order valence-electron chi connectivity index (χ1n) is 7.78. The van der Waals surface area contributed by atoms with Crippen LogP contribution in [0.2, 0.25) is 0 Å². The molecule has 10 nitrogen and oxygen atoms in total. The third-order valence-corrected chi connectivity index (χ3v) is 4.51. The number of aryl methyl sites for hydroxylation is 1. The Morgan fingerprint density at radius 1 is 1.27 bits per heavy atom. The number of halogens is 3. The largest absolute Gasteiger partial charge is 0.417 e. The lowest BCUT2D eigenvalue weighted by Gasteiger charge is -2.12. The highest BCUT2D eigenvalue weighted by molar-refractivity contribution is 8.00. The molecule has 0 bridgehead atoms. The van der Waals surface area contributed by atoms with Gasteiger partial charge in [0.15, 0.2) is 0 Å². The van der Waals surface area contributed by atoms with Crippen molar-refractivity contribution in [1.82, 2.24) is 4.98 Å². The smallest absolute Gasteiger partial charge is 0.320 e. The molecule has 0 saturated carbocycles. The molecule has 14 heteroatoms. The van der Waals surface area contributed by atoms with Gasteiger partial charge in [0.25, 0.3) is 11.4 Å². The van der Waals surface area contributed by atoms with Crippen LogP contribution in [0.5, 0.6) is 0 Å². The van der Waals surface area contributed by atoms with E-state index in [9.17, 15) is 38.2 Å². The van der Waals surface area contributed by atoms with Crippen molar-refractivity contribution < 1.29 is 27.8 Å². The van der Waals surface area contributed by atoms with Crippen LogP contribution in [0.3, 0.4) is 0 Å². The van der Waals surface area contributed by atoms with Gasteiger partial charge >= 0.3 is 6.18 Å². The number of carbonyl (C=O) groups is 1. The zero-order valence-corrected chi connectivity index (χ0v) is 15.7. The first-order valence-corrected chi connectivity index (χ1v) is 8.77. The minimum atomic E-state index is -4.80. The Bertz CT molecular complexity index is 1080. The van der Waals surface area contributed by atoms with Gasteiger partial charge in [-0.1, -0.05) is 11.8 Å². The van der Waals surface area contributed by atoms with E-state index in [0.717, 1.165) is 12.1 Å². The van der Waals surface area contributed by atoms with Crippen LogP contribution in [0.1, 0.15) is 16.8 Å². The summed E-state index contributed by atoms with van der Waals surface area (Å²) in [7, 11) is 0. The number of nitrogens with zero attached hydrogens (tertiary/aromatic N) is 4. The van der Waals surface area contributed by atoms with Crippen molar-refractivity contribution in [1.29, 1.82) is 5.26 Å². The molecule has 2 aromatic rings. The summed E-state index contributed by atoms with van der Waals surface area (Å²) < 4.78 is 39.3. The van der Waals surface area contributed by atoms with Crippen molar-refractivity contribution in [3.05, 3.63) is 61.3 Å². The number of non-ortho nitro benzene ring substituents is 1. The van der Waals surface area contributed by atoms with Crippen LogP contribution >= 0.6 is 11.8 Å². The lowest BCUT2D eigenvalue weighted by atomic mass is 10.1. The second-order valence-corrected chi connectivity index (χ2v) is 6.62. The molecule has 30 heavy (non-hydrogen) atoms. The van der Waals surface area contributed by atoms with E-state index in [1.165, 1.54) is 13.0 Å². The van der Waals surface area contributed by atoms with Gasteiger partial charge in [0.05, 0.1) is 32.8 Å². The number of benzene rings is 1. The Labute approximate surface area is 170 Å². The molecule has 1 aromatic carbocycles. The summed E-state index contributed by atoms with van der Waals surface area (Å²) in [5.74, 6) is -1.37. The molecule has 1 N–H and O–H groups in total. The fourth-order valence-electron chi connectivity index (χ4n) is 2.29. The molecule has 1 amide bonds. The Morgan fingerprint density at radius 2 is 1.93 bits per heavy atom. The number of nitriles is 1. The summed E-state index contributed by atoms with van der Waals surface area (Å²) in [5, 5.41) is 32.8. The quantitative estimate of drug-likeness (QED) is 0.403. The van der Waals surface area contributed by atoms with Crippen molar-refractivity contribution >= 4 is 34.7 Å². The number of rotatable bonds is 6. The van der Waals surface area contributed by atoms with E-state index in [1.54, 1.807) is 0 Å². The molecular formula is C16H10F3N5O5S. The topological polar surface area (TPSA) is 152 Å². The van der Waals surface area contributed by atoms with E-state index in [0.29, 0.717) is 23.9 Å². The second-order valence-electron chi connectivity index (χ2n) is 5.65. The van der Waals surface area contributed by atoms with Crippen molar-refractivity contribution in [2.24, 2.45) is 0 Å². The second kappa shape index (κ2) is 8.74. The number of carbonyl (C=O) groups excluding carboxylic acids is 1. The Balaban J connectivity index is 2.24. The number of pyridine rings is 1. The molecular weight excluding hydrogens is 431 g/mol. The van der Waals surface area contributed by atoms with Gasteiger partial charge < -0.3 is 5.32 Å². The molecule has 0 fully saturated rings. The number of alkyl halides is 3. The number of hydrogen-bond acceptors (Lipinski definition) is 8. The molecule has 0 atom stereocenters. The molecule has 0 saturated heterocycles. The van der Waals surface area contributed by atoms with E-state index in [2.05, 4.69) is 10.3 Å². The van der Waals surface area contributed by atoms with E-state index in [-0.39, 0.29) is 16.4 Å². The summed E-state index contributed by atoms with van der Waals surface area (Å²) >= 11 is 0.542. The normalized spacial score (nSPS) is 10.9. The number of anilines is 1. The van der Waals surface area contributed by atoms with Crippen LogP contribution in [0, 0.1) is 38.5 Å². The average molecular weight is 441 g/mol. The standard InChI is InChI=1S/C16H10F3N5O5S/c1-8-4-11(16(17,18)19)10(6-20)15(21-8)30-7-14(25)22-12-3-2-9(23(26)27)5-13(12)24(28)29/h2-5H,7H2,1H3,(H,22,25). The maximum atomic E-state index is 13.1. The minimum absolute atomic E-state index is 0.0183. The van der Waals surface area contributed by atoms with Gasteiger partial charge in [-0.25, -0.2) is 4.98 Å². The molecule has 0 radical (unpaired) electrons. The fraction of sp³-hybridized carbons (Fsp3) is 0.188. The fourth-order valence-corrected chi connectivity index (χ4v) is 3.14. The van der Waals surface area contributed by atoms with Gasteiger partial charge in [-0.05, 0) is 19.1 Å². The van der Waals surface area contributed by atoms with Gasteiger partial charge in [0, 0.05) is 11.8 Å². The monoisotopic (exact) mass is 441 g/mol. The minimum Gasteiger partial charge on any atom is -0.320 e. The number of amides is 1. The van der Waals surface area contributed by atoms with Crippen LogP contribution in [-0.2, 0) is 11.0 Å². The van der Waals surface area contributed by atoms with Crippen molar-refractivity contribution in [2.75, 3.05) is 11.1 Å². The number of nitrogens with one attached hydrogen (secondary N) is 1. The molecule has 0 unspecified atom stereocenters. The van der Waals surface area contributed by atoms with Crippen LogP contribution < -0.4 is 5.32 Å². The van der Waals surface area contributed by atoms with Crippen molar-refractivity contribution in [3.63, 3.8) is 0 Å². The highest BCUT2D eigenvalue weighted by atomic mass is 32.2. The van der Waals surface area contributed by atoms with Crippen molar-refractivity contribution in [2.45, 2.75) is 18.1 Å². The molecule has 0 aliphatic carbocycles. The molecule has 1 aromatic heterocycles. The average Bonchev–Trinajstić information content (AvgIpc) is 2.65. The summed E-state index contributed by atoms with van der Waals surface area (Å²) in [5.41, 5.74) is -3.57. The zero-order chi connectivity index (χ0) is 22.6. The van der Waals surface area contributed by atoms with Crippen LogP contribution in [0.15, 0.2) is 29.3 Å². The van der Waals surface area contributed by atoms with Gasteiger partial charge in [-0.2, -0.15) is 18.4 Å². The highest BCUT2D eigenvalue weighted by Crippen LogP contribution is 2.36. The van der Waals surface area contributed by atoms with Gasteiger partial charge in [-0.3, -0.25) is 25.0 Å². The summed E-state index contributed by atoms with van der Waals surface area (Å²) in [4.78, 5) is 36.0. The molecule has 2 rings (SSSR count). The Kier molecular flexibility index (Phi) is 6.57. The van der Waals surface area contributed by atoms with Crippen molar-refractivity contribution in [3.8, 4) is 6.07 Å². The first-order chi connectivity index (χ1) is 13.9. The first kappa shape index (κ1) is 22.6. The predicted octanol–water partition coefficient (Wildman–Crippen LogP) is 3.83. The van der Waals surface area contributed by atoms with Crippen LogP contribution in [0.25, 0.3) is 0 Å². The summed E-state index contributed by atoms with van der Waals surface area (Å²) in [6.45, 7) is 1.29. The van der Waals surface area contributed by atoms with Gasteiger partial charge in [0.2, 0.25) is 5.91 Å². The number of thioether (sulfide) groups is 1. The lowest BCUT2D eigenvalue weighted by Crippen LogP contribution is -2.16. The van der Waals surface area contributed by atoms with E-state index >= 15 is 0 Å². The predicted molar refractivity (Wildman–Crippen MR) is 97.8 cm³/mol. The third-order valence-electron chi connectivity index (χ3n) is 3.53. The molecule has 0 aliphatic rings. The molecule has 1 heterocycles. The molecule has 0 spiro atoms. The van der Waals surface area contributed by atoms with E-state index < -0.39 is 50.2 Å². The Morgan fingerprint density at radius 3 is 2.47 bits per heavy atom. The summed E-state index contributed by atoms with van der Waals surface area (Å²) in [6, 6.07) is 4.71.